The number of rotatable bonds is 7. The number of amides is 1. The van der Waals surface area contributed by atoms with Gasteiger partial charge in [-0.15, -0.1) is 0 Å². The Morgan fingerprint density at radius 3 is 2.32 bits per heavy atom. The molecule has 4 rings (SSSR count). The third-order valence-electron chi connectivity index (χ3n) is 4.91. The van der Waals surface area contributed by atoms with E-state index in [1.165, 1.54) is 0 Å². The maximum atomic E-state index is 13.2. The highest BCUT2D eigenvalue weighted by Gasteiger charge is 2.19. The summed E-state index contributed by atoms with van der Waals surface area (Å²) in [5, 5.41) is 7.67. The van der Waals surface area contributed by atoms with Gasteiger partial charge in [0.25, 0.3) is 5.91 Å². The van der Waals surface area contributed by atoms with E-state index in [1.54, 1.807) is 37.2 Å². The van der Waals surface area contributed by atoms with Crippen LogP contribution in [0.5, 0.6) is 11.5 Å². The Balaban J connectivity index is 1.70. The molecule has 0 aliphatic rings. The standard InChI is InChI=1S/C25H23N3O3/c1-30-20-14-12-19(13-15-20)24-21(17-28(27-24)16-18-8-4-3-5-9-18)25(29)26-22-10-6-7-11-23(22)31-2/h3-15,17H,16H2,1-2H3,(H,26,29). The normalized spacial score (nSPS) is 10.5. The van der Waals surface area contributed by atoms with Gasteiger partial charge in [-0.05, 0) is 42.0 Å². The van der Waals surface area contributed by atoms with E-state index < -0.39 is 0 Å². The van der Waals surface area contributed by atoms with Crippen molar-refractivity contribution in [2.75, 3.05) is 19.5 Å². The van der Waals surface area contributed by atoms with Crippen LogP contribution in [0.4, 0.5) is 5.69 Å². The van der Waals surface area contributed by atoms with Crippen molar-refractivity contribution in [1.82, 2.24) is 9.78 Å². The Hall–Kier alpha value is -4.06. The van der Waals surface area contributed by atoms with Gasteiger partial charge < -0.3 is 14.8 Å². The Morgan fingerprint density at radius 2 is 1.61 bits per heavy atom. The summed E-state index contributed by atoms with van der Waals surface area (Å²) in [4.78, 5) is 13.2. The Labute approximate surface area is 181 Å². The van der Waals surface area contributed by atoms with Crippen molar-refractivity contribution in [2.45, 2.75) is 6.54 Å². The Bertz CT molecular complexity index is 1170. The number of nitrogens with one attached hydrogen (secondary N) is 1. The predicted molar refractivity (Wildman–Crippen MR) is 121 cm³/mol. The molecule has 1 amide bonds. The van der Waals surface area contributed by atoms with Crippen LogP contribution in [0.15, 0.2) is 85.1 Å². The van der Waals surface area contributed by atoms with Gasteiger partial charge in [-0.2, -0.15) is 5.10 Å². The summed E-state index contributed by atoms with van der Waals surface area (Å²) in [7, 11) is 3.20. The van der Waals surface area contributed by atoms with Gasteiger partial charge in [0.15, 0.2) is 0 Å². The van der Waals surface area contributed by atoms with E-state index >= 15 is 0 Å². The molecule has 0 spiro atoms. The van der Waals surface area contributed by atoms with Crippen LogP contribution in [-0.4, -0.2) is 29.9 Å². The van der Waals surface area contributed by atoms with Gasteiger partial charge in [0, 0.05) is 11.8 Å². The number of para-hydroxylation sites is 2. The molecule has 1 aromatic heterocycles. The second-order valence-corrected chi connectivity index (χ2v) is 6.96. The molecular formula is C25H23N3O3. The topological polar surface area (TPSA) is 65.4 Å². The number of ether oxygens (including phenoxy) is 2. The lowest BCUT2D eigenvalue weighted by Gasteiger charge is -2.10. The van der Waals surface area contributed by atoms with Crippen molar-refractivity contribution in [3.8, 4) is 22.8 Å². The monoisotopic (exact) mass is 413 g/mol. The SMILES string of the molecule is COc1ccc(-c2nn(Cc3ccccc3)cc2C(=O)Nc2ccccc2OC)cc1. The first-order valence-electron chi connectivity index (χ1n) is 9.88. The number of hydrogen-bond donors (Lipinski definition) is 1. The molecule has 4 aromatic rings. The van der Waals surface area contributed by atoms with Crippen LogP contribution in [0.25, 0.3) is 11.3 Å². The molecule has 0 radical (unpaired) electrons. The Morgan fingerprint density at radius 1 is 0.903 bits per heavy atom. The van der Waals surface area contributed by atoms with E-state index in [0.29, 0.717) is 29.2 Å². The molecule has 1 N–H and O–H groups in total. The summed E-state index contributed by atoms with van der Waals surface area (Å²) in [6.07, 6.45) is 1.78. The summed E-state index contributed by atoms with van der Waals surface area (Å²) >= 11 is 0. The number of carbonyl (C=O) groups excluding carboxylic acids is 1. The van der Waals surface area contributed by atoms with Crippen LogP contribution in [0.2, 0.25) is 0 Å². The summed E-state index contributed by atoms with van der Waals surface area (Å²) in [6, 6.07) is 24.8. The number of methoxy groups -OCH3 is 2. The molecule has 0 aliphatic heterocycles. The average Bonchev–Trinajstić information content (AvgIpc) is 3.24. The first-order chi connectivity index (χ1) is 15.2. The summed E-state index contributed by atoms with van der Waals surface area (Å²) in [5.74, 6) is 1.08. The fourth-order valence-corrected chi connectivity index (χ4v) is 3.34. The van der Waals surface area contributed by atoms with Crippen LogP contribution in [-0.2, 0) is 6.54 Å². The number of carbonyl (C=O) groups is 1. The number of aromatic nitrogens is 2. The minimum atomic E-state index is -0.255. The molecule has 3 aromatic carbocycles. The molecule has 156 valence electrons. The van der Waals surface area contributed by atoms with Crippen molar-refractivity contribution < 1.29 is 14.3 Å². The smallest absolute Gasteiger partial charge is 0.259 e. The molecular weight excluding hydrogens is 390 g/mol. The fourth-order valence-electron chi connectivity index (χ4n) is 3.34. The van der Waals surface area contributed by atoms with Crippen LogP contribution in [0.1, 0.15) is 15.9 Å². The maximum absolute atomic E-state index is 13.2. The van der Waals surface area contributed by atoms with E-state index in [-0.39, 0.29) is 5.91 Å². The molecule has 0 unspecified atom stereocenters. The van der Waals surface area contributed by atoms with E-state index in [2.05, 4.69) is 5.32 Å². The maximum Gasteiger partial charge on any atom is 0.259 e. The second-order valence-electron chi connectivity index (χ2n) is 6.96. The number of benzene rings is 3. The van der Waals surface area contributed by atoms with Crippen molar-refractivity contribution in [2.24, 2.45) is 0 Å². The average molecular weight is 413 g/mol. The summed E-state index contributed by atoms with van der Waals surface area (Å²) in [5.41, 5.74) is 3.62. The van der Waals surface area contributed by atoms with E-state index in [0.717, 1.165) is 16.9 Å². The van der Waals surface area contributed by atoms with Crippen LogP contribution in [0, 0.1) is 0 Å². The lowest BCUT2D eigenvalue weighted by Crippen LogP contribution is -2.13. The van der Waals surface area contributed by atoms with Crippen molar-refractivity contribution in [3.63, 3.8) is 0 Å². The highest BCUT2D eigenvalue weighted by molar-refractivity contribution is 6.08. The first-order valence-corrected chi connectivity index (χ1v) is 9.88. The highest BCUT2D eigenvalue weighted by Crippen LogP contribution is 2.28. The van der Waals surface area contributed by atoms with Gasteiger partial charge >= 0.3 is 0 Å². The van der Waals surface area contributed by atoms with Gasteiger partial charge in [0.2, 0.25) is 0 Å². The second kappa shape index (κ2) is 9.17. The third kappa shape index (κ3) is 4.59. The molecule has 0 saturated carbocycles. The Kier molecular flexibility index (Phi) is 5.98. The number of anilines is 1. The van der Waals surface area contributed by atoms with Crippen molar-refractivity contribution >= 4 is 11.6 Å². The zero-order valence-electron chi connectivity index (χ0n) is 17.4. The van der Waals surface area contributed by atoms with Crippen LogP contribution >= 0.6 is 0 Å². The predicted octanol–water partition coefficient (Wildman–Crippen LogP) is 4.87. The molecule has 0 atom stereocenters. The van der Waals surface area contributed by atoms with Crippen molar-refractivity contribution in [1.29, 1.82) is 0 Å². The number of nitrogens with zero attached hydrogens (tertiary/aromatic N) is 2. The van der Waals surface area contributed by atoms with Crippen molar-refractivity contribution in [3.05, 3.63) is 96.2 Å². The molecule has 6 heteroatoms. The zero-order valence-corrected chi connectivity index (χ0v) is 17.4. The molecule has 1 heterocycles. The zero-order chi connectivity index (χ0) is 21.6. The lowest BCUT2D eigenvalue weighted by molar-refractivity contribution is 0.102. The summed E-state index contributed by atoms with van der Waals surface area (Å²) in [6.45, 7) is 0.561. The third-order valence-corrected chi connectivity index (χ3v) is 4.91. The molecule has 0 bridgehead atoms. The van der Waals surface area contributed by atoms with Gasteiger partial charge in [-0.1, -0.05) is 42.5 Å². The number of hydrogen-bond acceptors (Lipinski definition) is 4. The molecule has 31 heavy (non-hydrogen) atoms. The first kappa shape index (κ1) is 20.2. The van der Waals surface area contributed by atoms with E-state index in [4.69, 9.17) is 14.6 Å². The largest absolute Gasteiger partial charge is 0.497 e. The van der Waals surface area contributed by atoms with Gasteiger partial charge in [0.1, 0.15) is 17.2 Å². The molecule has 0 saturated heterocycles. The van der Waals surface area contributed by atoms with Gasteiger partial charge in [-0.25, -0.2) is 0 Å². The van der Waals surface area contributed by atoms with E-state index in [9.17, 15) is 4.79 Å². The van der Waals surface area contributed by atoms with Crippen LogP contribution in [0.3, 0.4) is 0 Å². The fraction of sp³-hybridized carbons (Fsp3) is 0.120. The van der Waals surface area contributed by atoms with E-state index in [1.807, 2.05) is 66.7 Å². The molecule has 0 fully saturated rings. The molecule has 6 nitrogen and oxygen atoms in total. The van der Waals surface area contributed by atoms with Gasteiger partial charge in [-0.3, -0.25) is 9.48 Å². The lowest BCUT2D eigenvalue weighted by atomic mass is 10.1. The van der Waals surface area contributed by atoms with Gasteiger partial charge in [0.05, 0.1) is 32.0 Å². The minimum absolute atomic E-state index is 0.255. The highest BCUT2D eigenvalue weighted by atomic mass is 16.5. The minimum Gasteiger partial charge on any atom is -0.497 e. The van der Waals surface area contributed by atoms with Crippen LogP contribution < -0.4 is 14.8 Å². The summed E-state index contributed by atoms with van der Waals surface area (Å²) < 4.78 is 12.4. The quantitative estimate of drug-likeness (QED) is 0.470. The molecule has 0 aliphatic carbocycles.